The summed E-state index contributed by atoms with van der Waals surface area (Å²) in [6.45, 7) is 2.44. The van der Waals surface area contributed by atoms with Crippen molar-refractivity contribution in [3.05, 3.63) is 0 Å². The van der Waals surface area contributed by atoms with E-state index in [1.807, 2.05) is 0 Å². The molecule has 9 heavy (non-hydrogen) atoms. The molecule has 0 aromatic rings. The highest BCUT2D eigenvalue weighted by molar-refractivity contribution is 6.21. The molecule has 1 aliphatic heterocycles. The fraction of sp³-hybridized carbons (Fsp3) is 1.00. The Labute approximate surface area is 66.6 Å². The molecule has 0 radical (unpaired) electrons. The van der Waals surface area contributed by atoms with Crippen molar-refractivity contribution in [2.75, 3.05) is 13.1 Å². The van der Waals surface area contributed by atoms with Crippen molar-refractivity contribution in [1.82, 2.24) is 5.32 Å². The minimum absolute atomic E-state index is 0. The summed E-state index contributed by atoms with van der Waals surface area (Å²) in [5.74, 6) is 0. The normalized spacial score (nSPS) is 30.3. The molecule has 3 heteroatoms. The second kappa shape index (κ2) is 2.30. The molecule has 1 saturated carbocycles. The Kier molecular flexibility index (Phi) is 1.95. The van der Waals surface area contributed by atoms with Crippen LogP contribution in [0.4, 0.5) is 0 Å². The van der Waals surface area contributed by atoms with Crippen LogP contribution >= 0.6 is 24.0 Å². The van der Waals surface area contributed by atoms with Gasteiger partial charge in [-0.05, 0) is 18.3 Å². The minimum Gasteiger partial charge on any atom is -0.316 e. The van der Waals surface area contributed by atoms with Crippen LogP contribution in [-0.4, -0.2) is 18.5 Å². The third-order valence-corrected chi connectivity index (χ3v) is 2.62. The highest BCUT2D eigenvalue weighted by Crippen LogP contribution is 2.46. The fourth-order valence-electron chi connectivity index (χ4n) is 1.65. The summed E-state index contributed by atoms with van der Waals surface area (Å²) in [6, 6.07) is 0. The minimum atomic E-state index is 0. The van der Waals surface area contributed by atoms with Gasteiger partial charge in [-0.2, -0.15) is 0 Å². The van der Waals surface area contributed by atoms with Crippen LogP contribution in [0.15, 0.2) is 0 Å². The Hall–Kier alpha value is 0.540. The number of hydrogen-bond acceptors (Lipinski definition) is 1. The summed E-state index contributed by atoms with van der Waals surface area (Å²) < 4.78 is 0. The van der Waals surface area contributed by atoms with Crippen molar-refractivity contribution in [2.24, 2.45) is 5.41 Å². The average molecular weight is 168 g/mol. The van der Waals surface area contributed by atoms with Crippen molar-refractivity contribution in [3.63, 3.8) is 0 Å². The lowest BCUT2D eigenvalue weighted by atomic mass is 9.64. The molecule has 1 saturated heterocycles. The van der Waals surface area contributed by atoms with E-state index in [0.29, 0.717) is 10.8 Å². The second-order valence-electron chi connectivity index (χ2n) is 3.11. The summed E-state index contributed by atoms with van der Waals surface area (Å²) in [7, 11) is 0. The van der Waals surface area contributed by atoms with Crippen molar-refractivity contribution < 1.29 is 0 Å². The maximum Gasteiger partial charge on any atom is 0.0348 e. The van der Waals surface area contributed by atoms with Gasteiger partial charge >= 0.3 is 0 Å². The molecular weight excluding hydrogens is 157 g/mol. The lowest BCUT2D eigenvalue weighted by molar-refractivity contribution is 0.0650. The zero-order valence-corrected chi connectivity index (χ0v) is 6.76. The van der Waals surface area contributed by atoms with Gasteiger partial charge in [-0.15, -0.1) is 24.0 Å². The molecule has 0 aromatic carbocycles. The topological polar surface area (TPSA) is 12.0 Å². The number of halogens is 2. The van der Waals surface area contributed by atoms with Crippen molar-refractivity contribution >= 4 is 24.0 Å². The summed E-state index contributed by atoms with van der Waals surface area (Å²) in [5.41, 5.74) is 0.673. The third-order valence-electron chi connectivity index (χ3n) is 2.31. The van der Waals surface area contributed by atoms with Crippen LogP contribution in [-0.2, 0) is 0 Å². The Bertz CT molecular complexity index is 104. The van der Waals surface area contributed by atoms with Gasteiger partial charge in [0.25, 0.3) is 0 Å². The quantitative estimate of drug-likeness (QED) is 0.539. The van der Waals surface area contributed by atoms with Crippen LogP contribution in [0.5, 0.6) is 0 Å². The first kappa shape index (κ1) is 7.64. The van der Waals surface area contributed by atoms with Crippen LogP contribution in [0.3, 0.4) is 0 Å². The van der Waals surface area contributed by atoms with E-state index in [1.165, 1.54) is 25.9 Å². The lowest BCUT2D eigenvalue weighted by Crippen LogP contribution is -2.60. The molecule has 54 valence electrons. The van der Waals surface area contributed by atoms with E-state index in [0.717, 1.165) is 0 Å². The van der Waals surface area contributed by atoms with Gasteiger partial charge in [0.05, 0.1) is 0 Å². The molecule has 0 aromatic heterocycles. The molecular formula is C6H11Cl2N. The van der Waals surface area contributed by atoms with Gasteiger partial charge in [-0.3, -0.25) is 0 Å². The highest BCUT2D eigenvalue weighted by atomic mass is 35.5. The number of rotatable bonds is 0. The lowest BCUT2D eigenvalue weighted by Gasteiger charge is -2.52. The smallest absolute Gasteiger partial charge is 0.0348 e. The van der Waals surface area contributed by atoms with Gasteiger partial charge < -0.3 is 5.32 Å². The molecule has 0 unspecified atom stereocenters. The van der Waals surface area contributed by atoms with Gasteiger partial charge in [0, 0.05) is 18.5 Å². The molecule has 1 spiro atoms. The monoisotopic (exact) mass is 167 g/mol. The van der Waals surface area contributed by atoms with Gasteiger partial charge in [0.1, 0.15) is 0 Å². The van der Waals surface area contributed by atoms with Crippen LogP contribution in [0.2, 0.25) is 0 Å². The second-order valence-corrected chi connectivity index (χ2v) is 3.73. The molecule has 1 N–H and O–H groups in total. The highest BCUT2D eigenvalue weighted by Gasteiger charge is 2.47. The van der Waals surface area contributed by atoms with E-state index in [9.17, 15) is 0 Å². The largest absolute Gasteiger partial charge is 0.316 e. The molecule has 2 rings (SSSR count). The first-order valence-electron chi connectivity index (χ1n) is 3.16. The van der Waals surface area contributed by atoms with Gasteiger partial charge in [-0.1, -0.05) is 0 Å². The average Bonchev–Trinajstić information content (AvgIpc) is 1.51. The maximum atomic E-state index is 5.82. The molecule has 0 bridgehead atoms. The Balaban J connectivity index is 0.000000405. The van der Waals surface area contributed by atoms with Crippen LogP contribution in [0.1, 0.15) is 12.8 Å². The number of alkyl halides is 1. The number of nitrogens with one attached hydrogen (secondary N) is 1. The Morgan fingerprint density at radius 3 is 2.00 bits per heavy atom. The van der Waals surface area contributed by atoms with Crippen molar-refractivity contribution in [3.8, 4) is 0 Å². The van der Waals surface area contributed by atoms with Crippen molar-refractivity contribution in [2.45, 2.75) is 18.2 Å². The number of hydrogen-bond donors (Lipinski definition) is 1. The Morgan fingerprint density at radius 2 is 1.89 bits per heavy atom. The first-order chi connectivity index (χ1) is 3.81. The summed E-state index contributed by atoms with van der Waals surface area (Å²) in [6.07, 6.45) is 2.50. The van der Waals surface area contributed by atoms with E-state index in [2.05, 4.69) is 5.32 Å². The summed E-state index contributed by atoms with van der Waals surface area (Å²) >= 11 is 5.82. The summed E-state index contributed by atoms with van der Waals surface area (Å²) in [4.78, 5) is 0. The SMILES string of the molecule is Cl.ClC1CC2(CNC2)C1. The first-order valence-corrected chi connectivity index (χ1v) is 3.59. The molecule has 1 nitrogen and oxygen atoms in total. The molecule has 1 aliphatic carbocycles. The standard InChI is InChI=1S/C6H10ClN.ClH/c7-5-1-6(2-5)3-8-4-6;/h5,8H,1-4H2;1H. The van der Waals surface area contributed by atoms with Crippen LogP contribution in [0, 0.1) is 5.41 Å². The van der Waals surface area contributed by atoms with E-state index in [-0.39, 0.29) is 12.4 Å². The predicted molar refractivity (Wildman–Crippen MR) is 41.4 cm³/mol. The molecule has 0 amide bonds. The van der Waals surface area contributed by atoms with Crippen LogP contribution < -0.4 is 5.32 Å². The van der Waals surface area contributed by atoms with Crippen molar-refractivity contribution in [1.29, 1.82) is 0 Å². The van der Waals surface area contributed by atoms with E-state index < -0.39 is 0 Å². The maximum absolute atomic E-state index is 5.82. The van der Waals surface area contributed by atoms with Gasteiger partial charge in [-0.25, -0.2) is 0 Å². The van der Waals surface area contributed by atoms with E-state index in [4.69, 9.17) is 11.6 Å². The van der Waals surface area contributed by atoms with Gasteiger partial charge in [0.2, 0.25) is 0 Å². The summed E-state index contributed by atoms with van der Waals surface area (Å²) in [5, 5.41) is 3.76. The fourth-order valence-corrected chi connectivity index (χ4v) is 2.30. The molecule has 2 fully saturated rings. The molecule has 1 heterocycles. The molecule has 0 atom stereocenters. The third kappa shape index (κ3) is 1.06. The van der Waals surface area contributed by atoms with Gasteiger partial charge in [0.15, 0.2) is 0 Å². The molecule has 2 aliphatic rings. The van der Waals surface area contributed by atoms with E-state index >= 15 is 0 Å². The van der Waals surface area contributed by atoms with E-state index in [1.54, 1.807) is 0 Å². The zero-order chi connectivity index (χ0) is 5.61. The zero-order valence-electron chi connectivity index (χ0n) is 5.19. The van der Waals surface area contributed by atoms with Crippen LogP contribution in [0.25, 0.3) is 0 Å². The predicted octanol–water partition coefficient (Wildman–Crippen LogP) is 1.40. The Morgan fingerprint density at radius 1 is 1.33 bits per heavy atom.